The van der Waals surface area contributed by atoms with Gasteiger partial charge in [0.05, 0.1) is 5.69 Å². The number of nitrogens with zero attached hydrogens (tertiary/aromatic N) is 1. The molecule has 1 unspecified atom stereocenters. The standard InChI is InChI=1S/C19H21N3O2/c1-22(16-8-3-2-4-9-16)21-18(23)12-11-15-13-14-7-5-6-10-17(14)20-19(15)24/h2-10,15H,11-13H2,1H3,(H,20,24)(H,21,23). The Morgan fingerprint density at radius 2 is 1.88 bits per heavy atom. The molecule has 2 amide bonds. The third-order valence-electron chi connectivity index (χ3n) is 4.27. The second-order valence-corrected chi connectivity index (χ2v) is 6.02. The Morgan fingerprint density at radius 3 is 2.67 bits per heavy atom. The van der Waals surface area contributed by atoms with Crippen molar-refractivity contribution >= 4 is 23.2 Å². The van der Waals surface area contributed by atoms with Crippen LogP contribution in [0.5, 0.6) is 0 Å². The summed E-state index contributed by atoms with van der Waals surface area (Å²) in [4.78, 5) is 24.3. The number of para-hydroxylation sites is 2. The molecule has 1 aliphatic heterocycles. The second-order valence-electron chi connectivity index (χ2n) is 6.02. The molecule has 24 heavy (non-hydrogen) atoms. The highest BCUT2D eigenvalue weighted by Gasteiger charge is 2.26. The van der Waals surface area contributed by atoms with Crippen LogP contribution in [0.15, 0.2) is 54.6 Å². The van der Waals surface area contributed by atoms with Crippen molar-refractivity contribution in [3.05, 3.63) is 60.2 Å². The molecular formula is C19H21N3O2. The smallest absolute Gasteiger partial charge is 0.238 e. The van der Waals surface area contributed by atoms with Crippen LogP contribution < -0.4 is 15.8 Å². The topological polar surface area (TPSA) is 61.4 Å². The monoisotopic (exact) mass is 323 g/mol. The Hall–Kier alpha value is -2.82. The summed E-state index contributed by atoms with van der Waals surface area (Å²) in [5, 5.41) is 4.61. The molecular weight excluding hydrogens is 302 g/mol. The van der Waals surface area contributed by atoms with Gasteiger partial charge in [0.25, 0.3) is 0 Å². The van der Waals surface area contributed by atoms with Gasteiger partial charge in [0.15, 0.2) is 0 Å². The van der Waals surface area contributed by atoms with Crippen molar-refractivity contribution in [1.29, 1.82) is 0 Å². The largest absolute Gasteiger partial charge is 0.326 e. The normalized spacial score (nSPS) is 16.0. The third kappa shape index (κ3) is 3.74. The van der Waals surface area contributed by atoms with Crippen molar-refractivity contribution in [2.45, 2.75) is 19.3 Å². The molecule has 2 aromatic carbocycles. The summed E-state index contributed by atoms with van der Waals surface area (Å²) in [7, 11) is 1.80. The lowest BCUT2D eigenvalue weighted by atomic mass is 9.89. The van der Waals surface area contributed by atoms with Gasteiger partial charge < -0.3 is 5.32 Å². The van der Waals surface area contributed by atoms with Crippen LogP contribution in [-0.4, -0.2) is 18.9 Å². The maximum Gasteiger partial charge on any atom is 0.238 e. The molecule has 0 spiro atoms. The summed E-state index contributed by atoms with van der Waals surface area (Å²) >= 11 is 0. The Morgan fingerprint density at radius 1 is 1.17 bits per heavy atom. The number of hydrogen-bond acceptors (Lipinski definition) is 3. The maximum atomic E-state index is 12.2. The number of hydrazine groups is 1. The Kier molecular flexibility index (Phi) is 4.79. The van der Waals surface area contributed by atoms with Gasteiger partial charge in [0.1, 0.15) is 0 Å². The van der Waals surface area contributed by atoms with E-state index in [1.165, 1.54) is 0 Å². The molecule has 1 aliphatic rings. The van der Waals surface area contributed by atoms with Crippen LogP contribution in [0, 0.1) is 5.92 Å². The Balaban J connectivity index is 1.52. The van der Waals surface area contributed by atoms with Crippen LogP contribution in [0.25, 0.3) is 0 Å². The van der Waals surface area contributed by atoms with Gasteiger partial charge in [-0.15, -0.1) is 0 Å². The number of nitrogens with one attached hydrogen (secondary N) is 2. The molecule has 0 fully saturated rings. The highest BCUT2D eigenvalue weighted by atomic mass is 16.2. The molecule has 0 radical (unpaired) electrons. The first-order valence-corrected chi connectivity index (χ1v) is 8.10. The lowest BCUT2D eigenvalue weighted by Crippen LogP contribution is -2.40. The van der Waals surface area contributed by atoms with Crippen molar-refractivity contribution in [1.82, 2.24) is 5.43 Å². The van der Waals surface area contributed by atoms with Crippen molar-refractivity contribution in [3.63, 3.8) is 0 Å². The third-order valence-corrected chi connectivity index (χ3v) is 4.27. The van der Waals surface area contributed by atoms with Gasteiger partial charge in [0.2, 0.25) is 11.8 Å². The maximum absolute atomic E-state index is 12.2. The van der Waals surface area contributed by atoms with Crippen molar-refractivity contribution < 1.29 is 9.59 Å². The Labute approximate surface area is 141 Å². The van der Waals surface area contributed by atoms with Gasteiger partial charge >= 0.3 is 0 Å². The zero-order valence-corrected chi connectivity index (χ0v) is 13.7. The Bertz CT molecular complexity index is 730. The minimum Gasteiger partial charge on any atom is -0.326 e. The first-order chi connectivity index (χ1) is 11.6. The first-order valence-electron chi connectivity index (χ1n) is 8.10. The molecule has 5 heteroatoms. The summed E-state index contributed by atoms with van der Waals surface area (Å²) in [5.41, 5.74) is 5.75. The van der Waals surface area contributed by atoms with Gasteiger partial charge in [-0.1, -0.05) is 36.4 Å². The zero-order valence-electron chi connectivity index (χ0n) is 13.7. The van der Waals surface area contributed by atoms with Crippen LogP contribution in [-0.2, 0) is 16.0 Å². The quantitative estimate of drug-likeness (QED) is 0.832. The fourth-order valence-electron chi connectivity index (χ4n) is 2.91. The van der Waals surface area contributed by atoms with E-state index in [-0.39, 0.29) is 17.7 Å². The lowest BCUT2D eigenvalue weighted by molar-refractivity contribution is -0.122. The minimum atomic E-state index is -0.160. The SMILES string of the molecule is CN(NC(=O)CCC1Cc2ccccc2NC1=O)c1ccccc1. The van der Waals surface area contributed by atoms with Crippen molar-refractivity contribution in [2.75, 3.05) is 17.4 Å². The zero-order chi connectivity index (χ0) is 16.9. The van der Waals surface area contributed by atoms with Crippen LogP contribution >= 0.6 is 0 Å². The number of anilines is 2. The molecule has 0 bridgehead atoms. The van der Waals surface area contributed by atoms with Gasteiger partial charge in [-0.05, 0) is 36.6 Å². The molecule has 1 heterocycles. The number of amides is 2. The van der Waals surface area contributed by atoms with E-state index in [0.717, 1.165) is 16.9 Å². The number of benzene rings is 2. The molecule has 2 aromatic rings. The first kappa shape index (κ1) is 16.1. The number of carbonyl (C=O) groups is 2. The number of hydrogen-bond donors (Lipinski definition) is 2. The number of carbonyl (C=O) groups excluding carboxylic acids is 2. The number of rotatable bonds is 5. The summed E-state index contributed by atoms with van der Waals surface area (Å²) in [6.07, 6.45) is 1.54. The molecule has 0 aromatic heterocycles. The molecule has 124 valence electrons. The highest BCUT2D eigenvalue weighted by Crippen LogP contribution is 2.27. The lowest BCUT2D eigenvalue weighted by Gasteiger charge is -2.25. The molecule has 2 N–H and O–H groups in total. The van der Waals surface area contributed by atoms with Crippen LogP contribution in [0.3, 0.4) is 0 Å². The summed E-state index contributed by atoms with van der Waals surface area (Å²) in [6.45, 7) is 0. The van der Waals surface area contributed by atoms with Gasteiger partial charge in [0, 0.05) is 25.1 Å². The van der Waals surface area contributed by atoms with Crippen LogP contribution in [0.1, 0.15) is 18.4 Å². The van der Waals surface area contributed by atoms with Crippen LogP contribution in [0.4, 0.5) is 11.4 Å². The van der Waals surface area contributed by atoms with E-state index < -0.39 is 0 Å². The van der Waals surface area contributed by atoms with E-state index in [1.807, 2.05) is 54.6 Å². The van der Waals surface area contributed by atoms with Crippen molar-refractivity contribution in [3.8, 4) is 0 Å². The number of fused-ring (bicyclic) bond motifs is 1. The van der Waals surface area contributed by atoms with E-state index >= 15 is 0 Å². The van der Waals surface area contributed by atoms with Gasteiger partial charge in [-0.3, -0.25) is 20.0 Å². The van der Waals surface area contributed by atoms with E-state index in [2.05, 4.69) is 10.7 Å². The predicted molar refractivity (Wildman–Crippen MR) is 94.5 cm³/mol. The van der Waals surface area contributed by atoms with Crippen LogP contribution in [0.2, 0.25) is 0 Å². The minimum absolute atomic E-state index is 0.00193. The summed E-state index contributed by atoms with van der Waals surface area (Å²) < 4.78 is 0. The van der Waals surface area contributed by atoms with E-state index in [1.54, 1.807) is 12.1 Å². The highest BCUT2D eigenvalue weighted by molar-refractivity contribution is 5.96. The predicted octanol–water partition coefficient (Wildman–Crippen LogP) is 2.75. The summed E-state index contributed by atoms with van der Waals surface area (Å²) in [6, 6.07) is 17.4. The molecule has 0 aliphatic carbocycles. The average Bonchev–Trinajstić information content (AvgIpc) is 2.60. The molecule has 0 saturated heterocycles. The summed E-state index contributed by atoms with van der Waals surface area (Å²) in [5.74, 6) is -0.251. The fraction of sp³-hybridized carbons (Fsp3) is 0.263. The van der Waals surface area contributed by atoms with Gasteiger partial charge in [-0.2, -0.15) is 0 Å². The van der Waals surface area contributed by atoms with Crippen molar-refractivity contribution in [2.24, 2.45) is 5.92 Å². The second kappa shape index (κ2) is 7.17. The van der Waals surface area contributed by atoms with E-state index in [0.29, 0.717) is 19.3 Å². The van der Waals surface area contributed by atoms with E-state index in [4.69, 9.17) is 0 Å². The molecule has 3 rings (SSSR count). The molecule has 1 atom stereocenters. The fourth-order valence-corrected chi connectivity index (χ4v) is 2.91. The average molecular weight is 323 g/mol. The molecule has 5 nitrogen and oxygen atoms in total. The van der Waals surface area contributed by atoms with E-state index in [9.17, 15) is 9.59 Å². The molecule has 0 saturated carbocycles. The van der Waals surface area contributed by atoms with Gasteiger partial charge in [-0.25, -0.2) is 0 Å².